The Labute approximate surface area is 147 Å². The van der Waals surface area contributed by atoms with E-state index in [4.69, 9.17) is 0 Å². The van der Waals surface area contributed by atoms with Crippen molar-refractivity contribution in [3.8, 4) is 0 Å². The number of aromatic nitrogens is 3. The summed E-state index contributed by atoms with van der Waals surface area (Å²) < 4.78 is 38.9. The van der Waals surface area contributed by atoms with Gasteiger partial charge in [-0.2, -0.15) is 13.2 Å². The van der Waals surface area contributed by atoms with E-state index in [1.165, 1.54) is 18.8 Å². The van der Waals surface area contributed by atoms with Crippen LogP contribution in [0.2, 0.25) is 0 Å². The van der Waals surface area contributed by atoms with E-state index < -0.39 is 35.4 Å². The normalized spacial score (nSPS) is 23.6. The lowest BCUT2D eigenvalue weighted by Crippen LogP contribution is -2.64. The second-order valence-electron chi connectivity index (χ2n) is 5.26. The maximum absolute atomic E-state index is 12.7. The number of hydrogen-bond acceptors (Lipinski definition) is 7. The number of aliphatic carboxylic acids is 1. The van der Waals surface area contributed by atoms with Gasteiger partial charge in [0.2, 0.25) is 5.82 Å². The highest BCUT2D eigenvalue weighted by Crippen LogP contribution is 2.41. The Morgan fingerprint density at radius 1 is 1.44 bits per heavy atom. The zero-order valence-corrected chi connectivity index (χ0v) is 14.2. The molecular formula is C12H11F3N4O4S2. The minimum atomic E-state index is -4.64. The molecule has 25 heavy (non-hydrogen) atoms. The molecule has 2 N–H and O–H groups in total. The Balaban J connectivity index is 1.81. The number of hydrogen-bond donors (Lipinski definition) is 2. The van der Waals surface area contributed by atoms with E-state index in [1.807, 2.05) is 0 Å². The van der Waals surface area contributed by atoms with Gasteiger partial charge in [-0.15, -0.1) is 22.0 Å². The fourth-order valence-corrected chi connectivity index (χ4v) is 4.80. The quantitative estimate of drug-likeness (QED) is 0.561. The number of aliphatic hydroxyl groups is 1. The van der Waals surface area contributed by atoms with Gasteiger partial charge in [-0.05, 0) is 5.57 Å². The summed E-state index contributed by atoms with van der Waals surface area (Å²) in [5.74, 6) is -2.90. The molecule has 0 bridgehead atoms. The maximum atomic E-state index is 12.7. The molecule has 0 spiro atoms. The summed E-state index contributed by atoms with van der Waals surface area (Å²) in [7, 11) is 1.17. The molecule has 0 radical (unpaired) electrons. The highest BCUT2D eigenvalue weighted by Gasteiger charge is 2.52. The molecule has 13 heteroatoms. The summed E-state index contributed by atoms with van der Waals surface area (Å²) in [5, 5.41) is 24.8. The number of alkyl halides is 3. The second-order valence-corrected chi connectivity index (χ2v) is 7.31. The van der Waals surface area contributed by atoms with E-state index in [-0.39, 0.29) is 22.4 Å². The monoisotopic (exact) mass is 396 g/mol. The Hall–Kier alpha value is -1.73. The van der Waals surface area contributed by atoms with Crippen LogP contribution in [0.5, 0.6) is 0 Å². The zero-order valence-electron chi connectivity index (χ0n) is 12.5. The number of amides is 1. The van der Waals surface area contributed by atoms with E-state index in [2.05, 4.69) is 10.2 Å². The predicted octanol–water partition coefficient (Wildman–Crippen LogP) is 0.541. The molecule has 0 unspecified atom stereocenters. The summed E-state index contributed by atoms with van der Waals surface area (Å²) in [6, 6.07) is 0. The maximum Gasteiger partial charge on any atom is 0.451 e. The highest BCUT2D eigenvalue weighted by atomic mass is 32.2. The first-order valence-corrected chi connectivity index (χ1v) is 8.83. The molecule has 1 saturated heterocycles. The van der Waals surface area contributed by atoms with Gasteiger partial charge >= 0.3 is 12.1 Å². The number of rotatable bonds is 4. The fourth-order valence-electron chi connectivity index (χ4n) is 2.48. The summed E-state index contributed by atoms with van der Waals surface area (Å²) in [5.41, 5.74) is 0.139. The van der Waals surface area contributed by atoms with Crippen molar-refractivity contribution in [3.63, 3.8) is 0 Å². The van der Waals surface area contributed by atoms with Crippen molar-refractivity contribution in [2.75, 3.05) is 11.5 Å². The summed E-state index contributed by atoms with van der Waals surface area (Å²) in [6.07, 6.45) is -5.87. The molecule has 2 aliphatic rings. The standard InChI is InChI=1S/C12H11F3N4O4S2/c1-18-10(12(13,14)15)16-17-11(18)25-3-4-2-24-8-6(20)7(21)19(8)5(4)9(22)23/h6,8,20H,2-3H2,1H3,(H,22,23)/t6-,8+/m1/s1. The van der Waals surface area contributed by atoms with E-state index in [9.17, 15) is 33.0 Å². The van der Waals surface area contributed by atoms with Crippen molar-refractivity contribution in [2.24, 2.45) is 7.05 Å². The van der Waals surface area contributed by atoms with Crippen molar-refractivity contribution < 1.29 is 33.0 Å². The van der Waals surface area contributed by atoms with E-state index in [1.54, 1.807) is 0 Å². The van der Waals surface area contributed by atoms with Gasteiger partial charge in [0, 0.05) is 18.6 Å². The second kappa shape index (κ2) is 6.21. The largest absolute Gasteiger partial charge is 0.477 e. The van der Waals surface area contributed by atoms with Crippen molar-refractivity contribution in [3.05, 3.63) is 17.1 Å². The van der Waals surface area contributed by atoms with Crippen LogP contribution < -0.4 is 0 Å². The Bertz CT molecular complexity index is 779. The lowest BCUT2D eigenvalue weighted by atomic mass is 10.1. The molecule has 1 fully saturated rings. The molecule has 1 aromatic rings. The number of aliphatic hydroxyl groups excluding tert-OH is 1. The number of nitrogens with zero attached hydrogens (tertiary/aromatic N) is 4. The van der Waals surface area contributed by atoms with Crippen LogP contribution >= 0.6 is 23.5 Å². The third-order valence-corrected chi connectivity index (χ3v) is 6.12. The predicted molar refractivity (Wildman–Crippen MR) is 80.5 cm³/mol. The third-order valence-electron chi connectivity index (χ3n) is 3.69. The Kier molecular flexibility index (Phi) is 4.49. The van der Waals surface area contributed by atoms with E-state index in [0.717, 1.165) is 21.2 Å². The van der Waals surface area contributed by atoms with Gasteiger partial charge in [0.05, 0.1) is 0 Å². The van der Waals surface area contributed by atoms with Crippen LogP contribution in [0.25, 0.3) is 0 Å². The molecule has 0 aliphatic carbocycles. The number of fused-ring (bicyclic) bond motifs is 1. The molecule has 2 atom stereocenters. The lowest BCUT2D eigenvalue weighted by Gasteiger charge is -2.47. The Morgan fingerprint density at radius 3 is 2.68 bits per heavy atom. The number of β-lactam (4-membered cyclic amide) rings is 1. The number of carboxylic acids is 1. The van der Waals surface area contributed by atoms with Gasteiger partial charge in [0.1, 0.15) is 11.1 Å². The van der Waals surface area contributed by atoms with Crippen molar-refractivity contribution in [2.45, 2.75) is 22.8 Å². The van der Waals surface area contributed by atoms with E-state index >= 15 is 0 Å². The zero-order chi connectivity index (χ0) is 18.5. The average molecular weight is 396 g/mol. The highest BCUT2D eigenvalue weighted by molar-refractivity contribution is 8.01. The minimum absolute atomic E-state index is 0.0216. The first-order chi connectivity index (χ1) is 11.6. The average Bonchev–Trinajstić information content (AvgIpc) is 2.91. The first-order valence-electron chi connectivity index (χ1n) is 6.80. The van der Waals surface area contributed by atoms with Gasteiger partial charge in [-0.1, -0.05) is 11.8 Å². The number of halogens is 3. The third kappa shape index (κ3) is 3.00. The van der Waals surface area contributed by atoms with Crippen LogP contribution in [0.3, 0.4) is 0 Å². The van der Waals surface area contributed by atoms with Crippen LogP contribution in [0.4, 0.5) is 13.2 Å². The minimum Gasteiger partial charge on any atom is -0.477 e. The fraction of sp³-hybridized carbons (Fsp3) is 0.500. The summed E-state index contributed by atoms with van der Waals surface area (Å²) in [4.78, 5) is 24.2. The number of carbonyl (C=O) groups is 2. The summed E-state index contributed by atoms with van der Waals surface area (Å²) >= 11 is 2.10. The van der Waals surface area contributed by atoms with Crippen molar-refractivity contribution >= 4 is 35.4 Å². The molecule has 136 valence electrons. The smallest absolute Gasteiger partial charge is 0.451 e. The van der Waals surface area contributed by atoms with Crippen molar-refractivity contribution in [1.29, 1.82) is 0 Å². The SMILES string of the molecule is Cn1c(SCC2=C(C(=O)O)N3C(=O)[C@@H](O)[C@@H]3SC2)nnc1C(F)(F)F. The van der Waals surface area contributed by atoms with Crippen LogP contribution in [0, 0.1) is 0 Å². The van der Waals surface area contributed by atoms with Crippen LogP contribution in [-0.2, 0) is 22.8 Å². The van der Waals surface area contributed by atoms with Gasteiger partial charge in [0.25, 0.3) is 5.91 Å². The lowest BCUT2D eigenvalue weighted by molar-refractivity contribution is -0.159. The van der Waals surface area contributed by atoms with Crippen LogP contribution in [0.1, 0.15) is 5.82 Å². The molecule has 2 aliphatic heterocycles. The van der Waals surface area contributed by atoms with Gasteiger partial charge in [-0.25, -0.2) is 4.79 Å². The number of thioether (sulfide) groups is 2. The van der Waals surface area contributed by atoms with Crippen molar-refractivity contribution in [1.82, 2.24) is 19.7 Å². The molecule has 3 rings (SSSR count). The molecule has 1 aromatic heterocycles. The molecule has 0 saturated carbocycles. The molecule has 0 aromatic carbocycles. The first kappa shape index (κ1) is 18.1. The van der Waals surface area contributed by atoms with Gasteiger partial charge in [-0.3, -0.25) is 9.69 Å². The van der Waals surface area contributed by atoms with E-state index in [0.29, 0.717) is 5.57 Å². The molecule has 8 nitrogen and oxygen atoms in total. The topological polar surface area (TPSA) is 109 Å². The molecule has 3 heterocycles. The van der Waals surface area contributed by atoms with Gasteiger partial charge in [0.15, 0.2) is 11.3 Å². The van der Waals surface area contributed by atoms with Gasteiger partial charge < -0.3 is 14.8 Å². The Morgan fingerprint density at radius 2 is 2.12 bits per heavy atom. The number of carbonyl (C=O) groups excluding carboxylic acids is 1. The van der Waals surface area contributed by atoms with Crippen LogP contribution in [0.15, 0.2) is 16.4 Å². The number of carboxylic acid groups (broad SMARTS) is 1. The molecule has 1 amide bonds. The summed E-state index contributed by atoms with van der Waals surface area (Å²) in [6.45, 7) is 0. The molecular weight excluding hydrogens is 385 g/mol. The van der Waals surface area contributed by atoms with Crippen LogP contribution in [-0.4, -0.2) is 64.7 Å².